The van der Waals surface area contributed by atoms with Crippen molar-refractivity contribution >= 4 is 33.5 Å². The molecule has 6 heteroatoms. The molecule has 0 aliphatic rings. The van der Waals surface area contributed by atoms with E-state index >= 15 is 0 Å². The van der Waals surface area contributed by atoms with Crippen molar-refractivity contribution in [2.24, 2.45) is 0 Å². The van der Waals surface area contributed by atoms with Crippen molar-refractivity contribution in [1.29, 1.82) is 0 Å². The molecule has 5 aromatic carbocycles. The second kappa shape index (κ2) is 10.6. The molecule has 36 heavy (non-hydrogen) atoms. The third kappa shape index (κ3) is 5.28. The van der Waals surface area contributed by atoms with Gasteiger partial charge >= 0.3 is 11.9 Å². The van der Waals surface area contributed by atoms with E-state index in [0.29, 0.717) is 23.0 Å². The predicted octanol–water partition coefficient (Wildman–Crippen LogP) is 5.96. The van der Waals surface area contributed by atoms with Gasteiger partial charge in [0, 0.05) is 10.8 Å². The van der Waals surface area contributed by atoms with Crippen LogP contribution in [0.15, 0.2) is 109 Å². The molecule has 0 aromatic heterocycles. The molecule has 0 atom stereocenters. The molecule has 0 spiro atoms. The average molecular weight is 479 g/mol. The Morgan fingerprint density at radius 2 is 0.806 bits per heavy atom. The Hall–Kier alpha value is -4.84. The van der Waals surface area contributed by atoms with E-state index in [9.17, 15) is 9.59 Å². The lowest BCUT2D eigenvalue weighted by Gasteiger charge is -2.13. The number of ether oxygens (including phenoxy) is 4. The zero-order chi connectivity index (χ0) is 24.7. The first-order valence-electron chi connectivity index (χ1n) is 11.4. The summed E-state index contributed by atoms with van der Waals surface area (Å²) in [7, 11) is 0. The second-order valence-electron chi connectivity index (χ2n) is 7.93. The van der Waals surface area contributed by atoms with Gasteiger partial charge in [-0.15, -0.1) is 0 Å². The second-order valence-corrected chi connectivity index (χ2v) is 7.93. The van der Waals surface area contributed by atoms with Crippen molar-refractivity contribution in [2.45, 2.75) is 0 Å². The van der Waals surface area contributed by atoms with Crippen molar-refractivity contribution in [3.8, 4) is 23.0 Å². The SMILES string of the molecule is O=C(COc1ccccc1OCC(=O)Oc1cccc2ccccc12)Oc1cccc2ccccc12. The van der Waals surface area contributed by atoms with Crippen molar-refractivity contribution < 1.29 is 28.5 Å². The third-order valence-electron chi connectivity index (χ3n) is 5.49. The van der Waals surface area contributed by atoms with Crippen LogP contribution in [0.1, 0.15) is 0 Å². The Morgan fingerprint density at radius 3 is 1.28 bits per heavy atom. The topological polar surface area (TPSA) is 71.1 Å². The van der Waals surface area contributed by atoms with Crippen molar-refractivity contribution in [1.82, 2.24) is 0 Å². The van der Waals surface area contributed by atoms with Crippen molar-refractivity contribution in [3.63, 3.8) is 0 Å². The highest BCUT2D eigenvalue weighted by Gasteiger charge is 2.14. The standard InChI is InChI=1S/C30H22O6/c31-29(35-25-17-7-11-21-9-1-3-13-23(21)25)19-33-27-15-5-6-16-28(27)34-20-30(32)36-26-18-8-12-22-10-2-4-14-24(22)26/h1-18H,19-20H2. The van der Waals surface area contributed by atoms with E-state index < -0.39 is 11.9 Å². The van der Waals surface area contributed by atoms with E-state index in [4.69, 9.17) is 18.9 Å². The molecule has 0 fully saturated rings. The first-order valence-corrected chi connectivity index (χ1v) is 11.4. The molecular formula is C30H22O6. The number of benzene rings is 5. The Kier molecular flexibility index (Phi) is 6.76. The van der Waals surface area contributed by atoms with E-state index in [-0.39, 0.29) is 13.2 Å². The summed E-state index contributed by atoms with van der Waals surface area (Å²) in [5.41, 5.74) is 0. The van der Waals surface area contributed by atoms with Crippen molar-refractivity contribution in [2.75, 3.05) is 13.2 Å². The quantitative estimate of drug-likeness (QED) is 0.202. The minimum atomic E-state index is -0.559. The highest BCUT2D eigenvalue weighted by atomic mass is 16.6. The van der Waals surface area contributed by atoms with Gasteiger partial charge in [-0.2, -0.15) is 0 Å². The molecule has 0 saturated heterocycles. The van der Waals surface area contributed by atoms with Crippen LogP contribution >= 0.6 is 0 Å². The number of rotatable bonds is 8. The van der Waals surface area contributed by atoms with Crippen LogP contribution < -0.4 is 18.9 Å². The minimum absolute atomic E-state index is 0.310. The molecule has 5 rings (SSSR count). The molecule has 5 aromatic rings. The monoisotopic (exact) mass is 478 g/mol. The van der Waals surface area contributed by atoms with Crippen LogP contribution in [-0.4, -0.2) is 25.2 Å². The third-order valence-corrected chi connectivity index (χ3v) is 5.49. The van der Waals surface area contributed by atoms with Gasteiger partial charge < -0.3 is 18.9 Å². The molecule has 178 valence electrons. The van der Waals surface area contributed by atoms with Gasteiger partial charge in [-0.25, -0.2) is 9.59 Å². The van der Waals surface area contributed by atoms with Crippen LogP contribution in [0.4, 0.5) is 0 Å². The number of hydrogen-bond acceptors (Lipinski definition) is 6. The van der Waals surface area contributed by atoms with E-state index in [1.165, 1.54) is 0 Å². The summed E-state index contributed by atoms with van der Waals surface area (Å²) in [6.07, 6.45) is 0. The Balaban J connectivity index is 1.19. The molecule has 0 unspecified atom stereocenters. The smallest absolute Gasteiger partial charge is 0.349 e. The first-order chi connectivity index (χ1) is 17.7. The maximum absolute atomic E-state index is 12.5. The summed E-state index contributed by atoms with van der Waals surface area (Å²) in [4.78, 5) is 24.9. The Morgan fingerprint density at radius 1 is 0.444 bits per heavy atom. The van der Waals surface area contributed by atoms with Gasteiger partial charge in [0.15, 0.2) is 24.7 Å². The lowest BCUT2D eigenvalue weighted by atomic mass is 10.1. The van der Waals surface area contributed by atoms with E-state index in [1.807, 2.05) is 72.8 Å². The van der Waals surface area contributed by atoms with Crippen molar-refractivity contribution in [3.05, 3.63) is 109 Å². The Bertz CT molecular complexity index is 1410. The number of esters is 2. The Labute approximate surface area is 207 Å². The van der Waals surface area contributed by atoms with Gasteiger partial charge in [0.25, 0.3) is 0 Å². The number of hydrogen-bond donors (Lipinski definition) is 0. The zero-order valence-corrected chi connectivity index (χ0v) is 19.3. The van der Waals surface area contributed by atoms with E-state index in [2.05, 4.69) is 0 Å². The fourth-order valence-electron chi connectivity index (χ4n) is 3.84. The molecule has 6 nitrogen and oxygen atoms in total. The van der Waals surface area contributed by atoms with Gasteiger partial charge in [0.05, 0.1) is 0 Å². The van der Waals surface area contributed by atoms with E-state index in [1.54, 1.807) is 36.4 Å². The number of fused-ring (bicyclic) bond motifs is 2. The number of carbonyl (C=O) groups is 2. The maximum atomic E-state index is 12.5. The summed E-state index contributed by atoms with van der Waals surface area (Å²) in [5.74, 6) is 0.425. The van der Waals surface area contributed by atoms with Crippen LogP contribution in [-0.2, 0) is 9.59 Å². The summed E-state index contributed by atoms with van der Waals surface area (Å²) in [6, 6.07) is 33.1. The average Bonchev–Trinajstić information content (AvgIpc) is 2.92. The molecule has 0 aliphatic carbocycles. The van der Waals surface area contributed by atoms with Crippen LogP contribution in [0.5, 0.6) is 23.0 Å². The van der Waals surface area contributed by atoms with Crippen LogP contribution in [0.2, 0.25) is 0 Å². The summed E-state index contributed by atoms with van der Waals surface area (Å²) < 4.78 is 22.3. The highest BCUT2D eigenvalue weighted by Crippen LogP contribution is 2.29. The molecule has 0 aliphatic heterocycles. The number of carbonyl (C=O) groups excluding carboxylic acids is 2. The molecule has 0 amide bonds. The molecular weight excluding hydrogens is 456 g/mol. The molecule has 0 heterocycles. The summed E-state index contributed by atoms with van der Waals surface area (Å²) in [6.45, 7) is -0.659. The molecule has 0 N–H and O–H groups in total. The largest absolute Gasteiger partial charge is 0.478 e. The summed E-state index contributed by atoms with van der Waals surface area (Å²) >= 11 is 0. The van der Waals surface area contributed by atoms with Gasteiger partial charge in [-0.1, -0.05) is 84.9 Å². The number of para-hydroxylation sites is 2. The van der Waals surface area contributed by atoms with Crippen LogP contribution in [0, 0.1) is 0 Å². The van der Waals surface area contributed by atoms with Gasteiger partial charge in [0.1, 0.15) is 11.5 Å². The van der Waals surface area contributed by atoms with Gasteiger partial charge in [-0.05, 0) is 35.0 Å². The molecule has 0 radical (unpaired) electrons. The fourth-order valence-corrected chi connectivity index (χ4v) is 3.84. The maximum Gasteiger partial charge on any atom is 0.349 e. The van der Waals surface area contributed by atoms with Gasteiger partial charge in [0.2, 0.25) is 0 Å². The van der Waals surface area contributed by atoms with Crippen LogP contribution in [0.25, 0.3) is 21.5 Å². The normalized spacial score (nSPS) is 10.7. The lowest BCUT2D eigenvalue weighted by molar-refractivity contribution is -0.137. The zero-order valence-electron chi connectivity index (χ0n) is 19.3. The predicted molar refractivity (Wildman–Crippen MR) is 137 cm³/mol. The molecule has 0 bridgehead atoms. The first kappa shape index (κ1) is 22.9. The fraction of sp³-hybridized carbons (Fsp3) is 0.0667. The minimum Gasteiger partial charge on any atom is -0.478 e. The lowest BCUT2D eigenvalue weighted by Crippen LogP contribution is -2.20. The van der Waals surface area contributed by atoms with E-state index in [0.717, 1.165) is 21.5 Å². The summed E-state index contributed by atoms with van der Waals surface area (Å²) in [5, 5.41) is 3.61. The van der Waals surface area contributed by atoms with Gasteiger partial charge in [-0.3, -0.25) is 0 Å². The highest BCUT2D eigenvalue weighted by molar-refractivity contribution is 5.91. The van der Waals surface area contributed by atoms with Crippen LogP contribution in [0.3, 0.4) is 0 Å². The molecule has 0 saturated carbocycles.